The number of carbonyl (C=O) groups excluding carboxylic acids is 1. The molecule has 1 rings (SSSR count). The van der Waals surface area contributed by atoms with E-state index in [0.717, 1.165) is 10.7 Å². The molecular formula is C12H19N3O3S. The Morgan fingerprint density at radius 2 is 2.05 bits per heavy atom. The van der Waals surface area contributed by atoms with Gasteiger partial charge in [0.05, 0.1) is 11.4 Å². The summed E-state index contributed by atoms with van der Waals surface area (Å²) in [5, 5.41) is 0. The minimum atomic E-state index is -3.74. The van der Waals surface area contributed by atoms with Crippen LogP contribution in [0.5, 0.6) is 0 Å². The molecule has 0 radical (unpaired) electrons. The van der Waals surface area contributed by atoms with Crippen LogP contribution in [0.2, 0.25) is 0 Å². The molecule has 6 nitrogen and oxygen atoms in total. The van der Waals surface area contributed by atoms with Crippen LogP contribution in [0.15, 0.2) is 29.2 Å². The summed E-state index contributed by atoms with van der Waals surface area (Å²) in [6.07, 6.45) is 1.48. The molecule has 0 unspecified atom stereocenters. The largest absolute Gasteiger partial charge is 0.399 e. The van der Waals surface area contributed by atoms with Crippen LogP contribution in [-0.2, 0) is 14.8 Å². The highest BCUT2D eigenvalue weighted by Crippen LogP contribution is 2.18. The van der Waals surface area contributed by atoms with Crippen molar-refractivity contribution < 1.29 is 13.2 Å². The van der Waals surface area contributed by atoms with Gasteiger partial charge in [0, 0.05) is 12.2 Å². The van der Waals surface area contributed by atoms with Gasteiger partial charge in [0.25, 0.3) is 0 Å². The van der Waals surface area contributed by atoms with E-state index in [1.165, 1.54) is 12.1 Å². The van der Waals surface area contributed by atoms with E-state index >= 15 is 0 Å². The van der Waals surface area contributed by atoms with E-state index < -0.39 is 15.9 Å². The van der Waals surface area contributed by atoms with Crippen molar-refractivity contribution in [1.29, 1.82) is 0 Å². The van der Waals surface area contributed by atoms with Crippen LogP contribution in [0.1, 0.15) is 19.8 Å². The summed E-state index contributed by atoms with van der Waals surface area (Å²) in [5.41, 5.74) is 11.0. The fourth-order valence-corrected chi connectivity index (χ4v) is 3.12. The van der Waals surface area contributed by atoms with Gasteiger partial charge in [-0.05, 0) is 24.6 Å². The van der Waals surface area contributed by atoms with Crippen LogP contribution < -0.4 is 11.5 Å². The van der Waals surface area contributed by atoms with E-state index in [4.69, 9.17) is 11.5 Å². The zero-order valence-corrected chi connectivity index (χ0v) is 11.7. The fourth-order valence-electron chi connectivity index (χ4n) is 1.62. The fraction of sp³-hybridized carbons (Fsp3) is 0.417. The number of anilines is 1. The Morgan fingerprint density at radius 1 is 1.37 bits per heavy atom. The average Bonchev–Trinajstić information content (AvgIpc) is 2.34. The standard InChI is InChI=1S/C12H19N3O3S/c1-2-3-7-15(9-12(14)16)19(17,18)11-6-4-5-10(13)8-11/h4-6,8H,2-3,7,9,13H2,1H3,(H2,14,16). The summed E-state index contributed by atoms with van der Waals surface area (Å²) in [4.78, 5) is 11.1. The summed E-state index contributed by atoms with van der Waals surface area (Å²) in [7, 11) is -3.74. The number of rotatable bonds is 7. The van der Waals surface area contributed by atoms with E-state index in [1.807, 2.05) is 6.92 Å². The summed E-state index contributed by atoms with van der Waals surface area (Å²) >= 11 is 0. The molecule has 0 heterocycles. The number of amides is 1. The Bertz CT molecular complexity index is 543. The van der Waals surface area contributed by atoms with E-state index in [0.29, 0.717) is 12.1 Å². The van der Waals surface area contributed by atoms with Crippen molar-refractivity contribution in [2.24, 2.45) is 5.73 Å². The molecule has 1 aromatic rings. The van der Waals surface area contributed by atoms with Crippen molar-refractivity contribution in [1.82, 2.24) is 4.31 Å². The number of hydrogen-bond donors (Lipinski definition) is 2. The predicted molar refractivity (Wildman–Crippen MR) is 73.7 cm³/mol. The highest BCUT2D eigenvalue weighted by atomic mass is 32.2. The molecule has 0 bridgehead atoms. The highest BCUT2D eigenvalue weighted by molar-refractivity contribution is 7.89. The Morgan fingerprint density at radius 3 is 2.58 bits per heavy atom. The number of benzene rings is 1. The second-order valence-corrected chi connectivity index (χ2v) is 6.17. The minimum absolute atomic E-state index is 0.0739. The van der Waals surface area contributed by atoms with E-state index in [2.05, 4.69) is 0 Å². The number of hydrogen-bond acceptors (Lipinski definition) is 4. The molecule has 106 valence electrons. The summed E-state index contributed by atoms with van der Waals surface area (Å²) in [5.74, 6) is -0.677. The molecule has 0 aliphatic carbocycles. The van der Waals surface area contributed by atoms with E-state index in [1.54, 1.807) is 12.1 Å². The Hall–Kier alpha value is -1.60. The van der Waals surface area contributed by atoms with Crippen LogP contribution in [0.25, 0.3) is 0 Å². The van der Waals surface area contributed by atoms with Crippen LogP contribution in [-0.4, -0.2) is 31.7 Å². The second kappa shape index (κ2) is 6.53. The average molecular weight is 285 g/mol. The van der Waals surface area contributed by atoms with Crippen LogP contribution in [0.4, 0.5) is 5.69 Å². The topological polar surface area (TPSA) is 106 Å². The SMILES string of the molecule is CCCCN(CC(N)=O)S(=O)(=O)c1cccc(N)c1. The van der Waals surface area contributed by atoms with Gasteiger partial charge < -0.3 is 11.5 Å². The molecule has 0 saturated carbocycles. The van der Waals surface area contributed by atoms with Gasteiger partial charge in [-0.3, -0.25) is 4.79 Å². The Balaban J connectivity index is 3.07. The molecule has 19 heavy (non-hydrogen) atoms. The maximum atomic E-state index is 12.4. The molecule has 1 aromatic carbocycles. The van der Waals surface area contributed by atoms with Gasteiger partial charge in [-0.25, -0.2) is 8.42 Å². The molecule has 4 N–H and O–H groups in total. The van der Waals surface area contributed by atoms with Gasteiger partial charge in [-0.1, -0.05) is 19.4 Å². The number of unbranched alkanes of at least 4 members (excludes halogenated alkanes) is 1. The smallest absolute Gasteiger partial charge is 0.243 e. The summed E-state index contributed by atoms with van der Waals surface area (Å²) in [6, 6.07) is 5.98. The number of primary amides is 1. The second-order valence-electron chi connectivity index (χ2n) is 4.23. The Kier molecular flexibility index (Phi) is 5.31. The van der Waals surface area contributed by atoms with Crippen LogP contribution >= 0.6 is 0 Å². The van der Waals surface area contributed by atoms with Crippen molar-refractivity contribution in [2.45, 2.75) is 24.7 Å². The lowest BCUT2D eigenvalue weighted by Gasteiger charge is -2.20. The molecule has 0 saturated heterocycles. The number of nitrogens with zero attached hydrogens (tertiary/aromatic N) is 1. The van der Waals surface area contributed by atoms with Crippen molar-refractivity contribution >= 4 is 21.6 Å². The lowest BCUT2D eigenvalue weighted by atomic mass is 10.3. The molecule has 0 fully saturated rings. The first-order chi connectivity index (χ1) is 8.87. The molecule has 0 spiro atoms. The first kappa shape index (κ1) is 15.5. The summed E-state index contributed by atoms with van der Waals surface area (Å²) < 4.78 is 25.9. The zero-order valence-electron chi connectivity index (χ0n) is 10.9. The third-order valence-corrected chi connectivity index (χ3v) is 4.43. The number of carbonyl (C=O) groups is 1. The van der Waals surface area contributed by atoms with Gasteiger partial charge in [0.1, 0.15) is 0 Å². The summed E-state index contributed by atoms with van der Waals surface area (Å²) in [6.45, 7) is 1.88. The van der Waals surface area contributed by atoms with E-state index in [9.17, 15) is 13.2 Å². The molecule has 0 atom stereocenters. The van der Waals surface area contributed by atoms with Gasteiger partial charge in [0.2, 0.25) is 15.9 Å². The number of nitrogens with two attached hydrogens (primary N) is 2. The third-order valence-electron chi connectivity index (χ3n) is 2.59. The minimum Gasteiger partial charge on any atom is -0.399 e. The monoisotopic (exact) mass is 285 g/mol. The first-order valence-electron chi connectivity index (χ1n) is 6.02. The highest BCUT2D eigenvalue weighted by Gasteiger charge is 2.25. The van der Waals surface area contributed by atoms with Crippen molar-refractivity contribution in [3.8, 4) is 0 Å². The molecule has 1 amide bonds. The lowest BCUT2D eigenvalue weighted by Crippen LogP contribution is -2.39. The molecule has 0 aliphatic rings. The zero-order chi connectivity index (χ0) is 14.5. The maximum absolute atomic E-state index is 12.4. The van der Waals surface area contributed by atoms with Gasteiger partial charge >= 0.3 is 0 Å². The van der Waals surface area contributed by atoms with Crippen LogP contribution in [0, 0.1) is 0 Å². The Labute approximate surface area is 113 Å². The normalized spacial score (nSPS) is 11.7. The van der Waals surface area contributed by atoms with Crippen LogP contribution in [0.3, 0.4) is 0 Å². The molecule has 0 aromatic heterocycles. The molecule has 7 heteroatoms. The lowest BCUT2D eigenvalue weighted by molar-refractivity contribution is -0.118. The van der Waals surface area contributed by atoms with Crippen molar-refractivity contribution in [3.63, 3.8) is 0 Å². The van der Waals surface area contributed by atoms with Gasteiger partial charge in [-0.2, -0.15) is 4.31 Å². The maximum Gasteiger partial charge on any atom is 0.243 e. The van der Waals surface area contributed by atoms with Crippen molar-refractivity contribution in [3.05, 3.63) is 24.3 Å². The number of nitrogen functional groups attached to an aromatic ring is 1. The van der Waals surface area contributed by atoms with Crippen molar-refractivity contribution in [2.75, 3.05) is 18.8 Å². The molecular weight excluding hydrogens is 266 g/mol. The van der Waals surface area contributed by atoms with E-state index in [-0.39, 0.29) is 18.0 Å². The first-order valence-corrected chi connectivity index (χ1v) is 7.46. The predicted octanol–water partition coefficient (Wildman–Crippen LogP) is 0.545. The van der Waals surface area contributed by atoms with Gasteiger partial charge in [-0.15, -0.1) is 0 Å². The molecule has 0 aliphatic heterocycles. The number of sulfonamides is 1. The third kappa shape index (κ3) is 4.22. The quantitative estimate of drug-likeness (QED) is 0.713. The van der Waals surface area contributed by atoms with Gasteiger partial charge in [0.15, 0.2) is 0 Å².